The summed E-state index contributed by atoms with van der Waals surface area (Å²) in [5.41, 5.74) is 2.59. The first-order valence-corrected chi connectivity index (χ1v) is 8.89. The van der Waals surface area contributed by atoms with Crippen molar-refractivity contribution in [2.24, 2.45) is 0 Å². The molecule has 1 aliphatic rings. The monoisotopic (exact) mass is 360 g/mol. The molecule has 136 valence electrons. The highest BCUT2D eigenvalue weighted by Crippen LogP contribution is 2.23. The van der Waals surface area contributed by atoms with E-state index in [1.54, 1.807) is 18.5 Å². The summed E-state index contributed by atoms with van der Waals surface area (Å²) in [5.74, 6) is 0.539. The summed E-state index contributed by atoms with van der Waals surface area (Å²) in [7, 11) is 0. The Morgan fingerprint density at radius 3 is 2.48 bits per heavy atom. The fourth-order valence-electron chi connectivity index (χ4n) is 3.07. The molecule has 3 aromatic rings. The number of morpholine rings is 1. The van der Waals surface area contributed by atoms with Gasteiger partial charge in [0.1, 0.15) is 6.10 Å². The van der Waals surface area contributed by atoms with Gasteiger partial charge in [0.2, 0.25) is 5.95 Å². The summed E-state index contributed by atoms with van der Waals surface area (Å²) in [6.45, 7) is 1.69. The molecule has 1 aliphatic heterocycles. The first-order valence-electron chi connectivity index (χ1n) is 8.89. The molecule has 0 bridgehead atoms. The minimum Gasteiger partial charge on any atom is -0.370 e. The van der Waals surface area contributed by atoms with Crippen molar-refractivity contribution in [2.75, 3.05) is 25.0 Å². The van der Waals surface area contributed by atoms with E-state index < -0.39 is 0 Å². The van der Waals surface area contributed by atoms with E-state index in [-0.39, 0.29) is 12.0 Å². The Labute approximate surface area is 157 Å². The van der Waals surface area contributed by atoms with Gasteiger partial charge in [-0.3, -0.25) is 4.79 Å². The lowest BCUT2D eigenvalue weighted by atomic mass is 10.1. The van der Waals surface area contributed by atoms with Crippen LogP contribution in [0.15, 0.2) is 73.1 Å². The van der Waals surface area contributed by atoms with Crippen LogP contribution in [0.5, 0.6) is 0 Å². The fourth-order valence-corrected chi connectivity index (χ4v) is 3.07. The van der Waals surface area contributed by atoms with Crippen LogP contribution in [-0.4, -0.2) is 40.5 Å². The average molecular weight is 360 g/mol. The SMILES string of the molecule is O=C(c1ccc(Nc2ncccn2)cc1)N1CCO[C@@H](c2ccccc2)C1. The van der Waals surface area contributed by atoms with Gasteiger partial charge in [0.25, 0.3) is 5.91 Å². The van der Waals surface area contributed by atoms with Gasteiger partial charge >= 0.3 is 0 Å². The number of hydrogen-bond donors (Lipinski definition) is 1. The molecule has 1 N–H and O–H groups in total. The Morgan fingerprint density at radius 1 is 1.00 bits per heavy atom. The van der Waals surface area contributed by atoms with Gasteiger partial charge in [-0.2, -0.15) is 0 Å². The van der Waals surface area contributed by atoms with E-state index in [1.165, 1.54) is 0 Å². The second-order valence-corrected chi connectivity index (χ2v) is 6.30. The van der Waals surface area contributed by atoms with Crippen LogP contribution in [0.25, 0.3) is 0 Å². The lowest BCUT2D eigenvalue weighted by Gasteiger charge is -2.33. The van der Waals surface area contributed by atoms with Gasteiger partial charge in [-0.1, -0.05) is 30.3 Å². The minimum absolute atomic E-state index is 0.0155. The lowest BCUT2D eigenvalue weighted by molar-refractivity contribution is -0.0228. The predicted octanol–water partition coefficient (Wildman–Crippen LogP) is 3.43. The summed E-state index contributed by atoms with van der Waals surface area (Å²) in [6, 6.07) is 19.1. The quantitative estimate of drug-likeness (QED) is 0.772. The zero-order valence-electron chi connectivity index (χ0n) is 14.8. The molecule has 0 spiro atoms. The van der Waals surface area contributed by atoms with Gasteiger partial charge in [0, 0.05) is 30.2 Å². The third-order valence-electron chi connectivity index (χ3n) is 4.48. The minimum atomic E-state index is -0.0833. The summed E-state index contributed by atoms with van der Waals surface area (Å²) >= 11 is 0. The summed E-state index contributed by atoms with van der Waals surface area (Å²) in [4.78, 5) is 23.0. The molecule has 0 saturated carbocycles. The summed E-state index contributed by atoms with van der Waals surface area (Å²) in [5, 5.41) is 3.11. The predicted molar refractivity (Wildman–Crippen MR) is 103 cm³/mol. The van der Waals surface area contributed by atoms with Crippen LogP contribution in [0.1, 0.15) is 22.0 Å². The number of carbonyl (C=O) groups is 1. The summed E-state index contributed by atoms with van der Waals surface area (Å²) < 4.78 is 5.85. The van der Waals surface area contributed by atoms with Crippen molar-refractivity contribution < 1.29 is 9.53 Å². The van der Waals surface area contributed by atoms with Gasteiger partial charge in [-0.05, 0) is 35.9 Å². The molecule has 27 heavy (non-hydrogen) atoms. The number of amides is 1. The summed E-state index contributed by atoms with van der Waals surface area (Å²) in [6.07, 6.45) is 3.27. The topological polar surface area (TPSA) is 67.4 Å². The lowest BCUT2D eigenvalue weighted by Crippen LogP contribution is -2.42. The Balaban J connectivity index is 1.43. The average Bonchev–Trinajstić information content (AvgIpc) is 2.75. The zero-order valence-corrected chi connectivity index (χ0v) is 14.8. The normalized spacial score (nSPS) is 16.7. The number of aromatic nitrogens is 2. The molecule has 6 nitrogen and oxygen atoms in total. The van der Waals surface area contributed by atoms with Gasteiger partial charge in [0.05, 0.1) is 13.2 Å². The van der Waals surface area contributed by atoms with Crippen LogP contribution in [0.4, 0.5) is 11.6 Å². The third-order valence-corrected chi connectivity index (χ3v) is 4.48. The molecule has 1 aromatic heterocycles. The van der Waals surface area contributed by atoms with E-state index in [1.807, 2.05) is 59.5 Å². The van der Waals surface area contributed by atoms with Crippen molar-refractivity contribution in [3.63, 3.8) is 0 Å². The largest absolute Gasteiger partial charge is 0.370 e. The molecule has 1 atom stereocenters. The molecule has 1 fully saturated rings. The number of rotatable bonds is 4. The molecule has 0 radical (unpaired) electrons. The molecule has 0 aliphatic carbocycles. The number of ether oxygens (including phenoxy) is 1. The van der Waals surface area contributed by atoms with Gasteiger partial charge in [-0.25, -0.2) is 9.97 Å². The first-order chi connectivity index (χ1) is 13.3. The number of hydrogen-bond acceptors (Lipinski definition) is 5. The second-order valence-electron chi connectivity index (χ2n) is 6.30. The van der Waals surface area contributed by atoms with E-state index in [9.17, 15) is 4.79 Å². The zero-order chi connectivity index (χ0) is 18.5. The molecule has 2 aromatic carbocycles. The van der Waals surface area contributed by atoms with Crippen LogP contribution < -0.4 is 5.32 Å². The highest BCUT2D eigenvalue weighted by molar-refractivity contribution is 5.94. The van der Waals surface area contributed by atoms with E-state index in [2.05, 4.69) is 15.3 Å². The van der Waals surface area contributed by atoms with Crippen LogP contribution in [0, 0.1) is 0 Å². The van der Waals surface area contributed by atoms with E-state index in [0.29, 0.717) is 31.2 Å². The molecular weight excluding hydrogens is 340 g/mol. The van der Waals surface area contributed by atoms with Gasteiger partial charge < -0.3 is 15.0 Å². The van der Waals surface area contributed by atoms with Crippen molar-refractivity contribution >= 4 is 17.5 Å². The maximum atomic E-state index is 12.9. The number of nitrogens with one attached hydrogen (secondary N) is 1. The Kier molecular flexibility index (Phi) is 5.07. The van der Waals surface area contributed by atoms with Gasteiger partial charge in [0.15, 0.2) is 0 Å². The third kappa shape index (κ3) is 4.12. The Hall–Kier alpha value is -3.25. The molecule has 0 unspecified atom stereocenters. The van der Waals surface area contributed by atoms with Crippen molar-refractivity contribution in [3.8, 4) is 0 Å². The second kappa shape index (κ2) is 7.97. The van der Waals surface area contributed by atoms with Crippen molar-refractivity contribution in [2.45, 2.75) is 6.10 Å². The molecule has 1 saturated heterocycles. The van der Waals surface area contributed by atoms with Gasteiger partial charge in [-0.15, -0.1) is 0 Å². The smallest absolute Gasteiger partial charge is 0.254 e. The van der Waals surface area contributed by atoms with Crippen molar-refractivity contribution in [1.82, 2.24) is 14.9 Å². The molecule has 4 rings (SSSR count). The van der Waals surface area contributed by atoms with Crippen molar-refractivity contribution in [3.05, 3.63) is 84.2 Å². The first kappa shape index (κ1) is 17.2. The highest BCUT2D eigenvalue weighted by atomic mass is 16.5. The van der Waals surface area contributed by atoms with Crippen LogP contribution in [-0.2, 0) is 4.74 Å². The van der Waals surface area contributed by atoms with Crippen LogP contribution in [0.3, 0.4) is 0 Å². The molecule has 2 heterocycles. The standard InChI is InChI=1S/C21H20N4O2/c26-20(25-13-14-27-19(15-25)16-5-2-1-3-6-16)17-7-9-18(10-8-17)24-21-22-11-4-12-23-21/h1-12,19H,13-15H2,(H,22,23,24)/t19-/m1/s1. The number of carbonyl (C=O) groups excluding carboxylic acids is 1. The van der Waals surface area contributed by atoms with Crippen LogP contribution >= 0.6 is 0 Å². The maximum Gasteiger partial charge on any atom is 0.254 e. The number of benzene rings is 2. The maximum absolute atomic E-state index is 12.9. The van der Waals surface area contributed by atoms with Crippen LogP contribution in [0.2, 0.25) is 0 Å². The van der Waals surface area contributed by atoms with E-state index >= 15 is 0 Å². The number of anilines is 2. The van der Waals surface area contributed by atoms with Crippen molar-refractivity contribution in [1.29, 1.82) is 0 Å². The Bertz CT molecular complexity index is 885. The molecule has 1 amide bonds. The van der Waals surface area contributed by atoms with E-state index in [4.69, 9.17) is 4.74 Å². The Morgan fingerprint density at radius 2 is 1.74 bits per heavy atom. The molecular formula is C21H20N4O2. The fraction of sp³-hybridized carbons (Fsp3) is 0.190. The molecule has 6 heteroatoms. The van der Waals surface area contributed by atoms with E-state index in [0.717, 1.165) is 11.3 Å². The highest BCUT2D eigenvalue weighted by Gasteiger charge is 2.26. The number of nitrogens with zero attached hydrogens (tertiary/aromatic N) is 3.